The number of nitrogens with zero attached hydrogens (tertiary/aromatic N) is 4. The standard InChI is InChI=1S/C22H19ClF2N6O4S/c1-11(2)35-22-17(6-12(23)7-28-22)36(33,34)30-14-5-4-13(24)18(19(14)25)15-9-31-10-29-20(21(32)26-3)16(31)8-27-15/h4-11,30H,1-3H3,(H,26,32). The van der Waals surface area contributed by atoms with Crippen molar-refractivity contribution in [3.05, 3.63) is 65.5 Å². The fourth-order valence-electron chi connectivity index (χ4n) is 3.30. The molecule has 0 atom stereocenters. The summed E-state index contributed by atoms with van der Waals surface area (Å²) in [5.41, 5.74) is -0.904. The SMILES string of the molecule is CNC(=O)c1ncn2cc(-c3c(F)ccc(NS(=O)(=O)c4cc(Cl)cnc4OC(C)C)c3F)ncc12. The van der Waals surface area contributed by atoms with Crippen LogP contribution in [-0.2, 0) is 10.0 Å². The van der Waals surface area contributed by atoms with Gasteiger partial charge in [0.1, 0.15) is 12.1 Å². The zero-order valence-corrected chi connectivity index (χ0v) is 20.7. The number of amides is 1. The summed E-state index contributed by atoms with van der Waals surface area (Å²) in [7, 11) is -3.02. The molecular formula is C22H19ClF2N6O4S. The molecule has 3 aromatic heterocycles. The van der Waals surface area contributed by atoms with E-state index >= 15 is 4.39 Å². The molecule has 0 radical (unpaired) electrons. The third kappa shape index (κ3) is 4.79. The highest BCUT2D eigenvalue weighted by Gasteiger charge is 2.26. The van der Waals surface area contributed by atoms with E-state index in [-0.39, 0.29) is 22.3 Å². The van der Waals surface area contributed by atoms with Gasteiger partial charge < -0.3 is 14.5 Å². The van der Waals surface area contributed by atoms with Gasteiger partial charge in [-0.1, -0.05) is 11.6 Å². The van der Waals surface area contributed by atoms with Crippen molar-refractivity contribution in [3.63, 3.8) is 0 Å². The van der Waals surface area contributed by atoms with Gasteiger partial charge in [-0.25, -0.2) is 27.2 Å². The van der Waals surface area contributed by atoms with Gasteiger partial charge in [0, 0.05) is 19.4 Å². The lowest BCUT2D eigenvalue weighted by atomic mass is 10.1. The normalized spacial score (nSPS) is 11.6. The topological polar surface area (TPSA) is 128 Å². The van der Waals surface area contributed by atoms with Crippen LogP contribution in [0.3, 0.4) is 0 Å². The molecule has 3 heterocycles. The minimum absolute atomic E-state index is 0.0145. The van der Waals surface area contributed by atoms with Gasteiger partial charge in [-0.2, -0.15) is 0 Å². The van der Waals surface area contributed by atoms with Crippen LogP contribution >= 0.6 is 11.6 Å². The number of pyridine rings is 1. The van der Waals surface area contributed by atoms with E-state index in [1.807, 2.05) is 0 Å². The maximum absolute atomic E-state index is 15.5. The Kier molecular flexibility index (Phi) is 6.78. The second kappa shape index (κ2) is 9.66. The third-order valence-electron chi connectivity index (χ3n) is 4.87. The molecule has 4 aromatic rings. The van der Waals surface area contributed by atoms with Gasteiger partial charge in [-0.05, 0) is 32.0 Å². The molecule has 2 N–H and O–H groups in total. The van der Waals surface area contributed by atoms with Crippen molar-refractivity contribution < 1.29 is 26.7 Å². The summed E-state index contributed by atoms with van der Waals surface area (Å²) in [5, 5.41) is 2.45. The van der Waals surface area contributed by atoms with E-state index < -0.39 is 49.8 Å². The predicted molar refractivity (Wildman–Crippen MR) is 128 cm³/mol. The number of aromatic nitrogens is 4. The van der Waals surface area contributed by atoms with E-state index in [0.29, 0.717) is 5.52 Å². The molecular weight excluding hydrogens is 518 g/mol. The van der Waals surface area contributed by atoms with Crippen LogP contribution in [0.2, 0.25) is 5.02 Å². The summed E-state index contributed by atoms with van der Waals surface area (Å²) in [6, 6.07) is 2.94. The molecule has 0 aliphatic carbocycles. The lowest BCUT2D eigenvalue weighted by Crippen LogP contribution is -2.18. The van der Waals surface area contributed by atoms with Crippen molar-refractivity contribution in [1.29, 1.82) is 0 Å². The highest BCUT2D eigenvalue weighted by molar-refractivity contribution is 7.92. The van der Waals surface area contributed by atoms with E-state index in [9.17, 15) is 17.6 Å². The first-order chi connectivity index (χ1) is 17.0. The maximum Gasteiger partial charge on any atom is 0.271 e. The molecule has 0 spiro atoms. The van der Waals surface area contributed by atoms with Gasteiger partial charge in [-0.15, -0.1) is 0 Å². The second-order valence-electron chi connectivity index (χ2n) is 7.75. The fourth-order valence-corrected chi connectivity index (χ4v) is 4.69. The van der Waals surface area contributed by atoms with Gasteiger partial charge in [-0.3, -0.25) is 14.5 Å². The molecule has 1 aromatic carbocycles. The predicted octanol–water partition coefficient (Wildman–Crippen LogP) is 3.67. The summed E-state index contributed by atoms with van der Waals surface area (Å²) in [6.07, 6.45) is 4.59. The van der Waals surface area contributed by atoms with E-state index in [2.05, 4.69) is 25.0 Å². The molecule has 1 amide bonds. The molecule has 188 valence electrons. The maximum atomic E-state index is 15.5. The average molecular weight is 537 g/mol. The van der Waals surface area contributed by atoms with Gasteiger partial charge in [0.2, 0.25) is 5.88 Å². The van der Waals surface area contributed by atoms with Crippen molar-refractivity contribution in [1.82, 2.24) is 24.7 Å². The lowest BCUT2D eigenvalue weighted by molar-refractivity contribution is 0.0960. The molecule has 0 saturated carbocycles. The summed E-state index contributed by atoms with van der Waals surface area (Å²) in [6.45, 7) is 3.35. The van der Waals surface area contributed by atoms with Gasteiger partial charge in [0.25, 0.3) is 15.9 Å². The molecule has 0 aliphatic rings. The molecule has 0 bridgehead atoms. The number of fused-ring (bicyclic) bond motifs is 1. The zero-order valence-electron chi connectivity index (χ0n) is 19.1. The Morgan fingerprint density at radius 3 is 2.61 bits per heavy atom. The number of hydrogen-bond acceptors (Lipinski definition) is 7. The highest BCUT2D eigenvalue weighted by Crippen LogP contribution is 2.33. The van der Waals surface area contributed by atoms with E-state index in [1.54, 1.807) is 13.8 Å². The minimum atomic E-state index is -4.45. The van der Waals surface area contributed by atoms with Crippen LogP contribution in [0.15, 0.2) is 48.0 Å². The molecule has 14 heteroatoms. The minimum Gasteiger partial charge on any atom is -0.474 e. The number of hydrogen-bond donors (Lipinski definition) is 2. The molecule has 0 aliphatic heterocycles. The number of carbonyl (C=O) groups is 1. The Hall–Kier alpha value is -3.84. The van der Waals surface area contributed by atoms with Crippen LogP contribution in [0.5, 0.6) is 5.88 Å². The van der Waals surface area contributed by atoms with Crippen LogP contribution in [-0.4, -0.2) is 46.8 Å². The number of nitrogens with one attached hydrogen (secondary N) is 2. The quantitative estimate of drug-likeness (QED) is 0.369. The Bertz CT molecular complexity index is 1590. The van der Waals surface area contributed by atoms with Crippen LogP contribution in [0.1, 0.15) is 24.3 Å². The number of imidazole rings is 1. The summed E-state index contributed by atoms with van der Waals surface area (Å²) in [5.74, 6) is -2.89. The van der Waals surface area contributed by atoms with E-state index in [1.165, 1.54) is 36.4 Å². The van der Waals surface area contributed by atoms with Crippen molar-refractivity contribution in [2.24, 2.45) is 0 Å². The van der Waals surface area contributed by atoms with Crippen molar-refractivity contribution in [3.8, 4) is 17.1 Å². The molecule has 0 saturated heterocycles. The van der Waals surface area contributed by atoms with Gasteiger partial charge >= 0.3 is 0 Å². The Balaban J connectivity index is 1.76. The largest absolute Gasteiger partial charge is 0.474 e. The first-order valence-electron chi connectivity index (χ1n) is 10.4. The van der Waals surface area contributed by atoms with Crippen LogP contribution in [0.25, 0.3) is 16.8 Å². The van der Waals surface area contributed by atoms with Crippen LogP contribution < -0.4 is 14.8 Å². The van der Waals surface area contributed by atoms with Crippen molar-refractivity contribution in [2.45, 2.75) is 24.8 Å². The smallest absolute Gasteiger partial charge is 0.271 e. The van der Waals surface area contributed by atoms with Gasteiger partial charge in [0.05, 0.1) is 39.8 Å². The monoisotopic (exact) mass is 536 g/mol. The van der Waals surface area contributed by atoms with Crippen molar-refractivity contribution >= 4 is 38.7 Å². The van der Waals surface area contributed by atoms with Crippen molar-refractivity contribution in [2.75, 3.05) is 11.8 Å². The number of ether oxygens (including phenoxy) is 1. The third-order valence-corrected chi connectivity index (χ3v) is 6.44. The number of benzene rings is 1. The molecule has 4 rings (SSSR count). The molecule has 0 unspecified atom stereocenters. The lowest BCUT2D eigenvalue weighted by Gasteiger charge is -2.16. The molecule has 36 heavy (non-hydrogen) atoms. The number of halogens is 3. The number of rotatable bonds is 7. The average Bonchev–Trinajstić information content (AvgIpc) is 3.24. The van der Waals surface area contributed by atoms with E-state index in [0.717, 1.165) is 18.2 Å². The molecule has 0 fully saturated rings. The molecule has 10 nitrogen and oxygen atoms in total. The summed E-state index contributed by atoms with van der Waals surface area (Å²) in [4.78, 5) is 23.5. The van der Waals surface area contributed by atoms with Crippen LogP contribution in [0.4, 0.5) is 14.5 Å². The van der Waals surface area contributed by atoms with Gasteiger partial charge in [0.15, 0.2) is 16.4 Å². The summed E-state index contributed by atoms with van der Waals surface area (Å²) >= 11 is 5.92. The highest BCUT2D eigenvalue weighted by atomic mass is 35.5. The number of anilines is 1. The first kappa shape index (κ1) is 25.3. The first-order valence-corrected chi connectivity index (χ1v) is 12.3. The van der Waals surface area contributed by atoms with Crippen LogP contribution in [0, 0.1) is 11.6 Å². The number of carbonyl (C=O) groups excluding carboxylic acids is 1. The Morgan fingerprint density at radius 2 is 1.92 bits per heavy atom. The zero-order chi connectivity index (χ0) is 26.2. The number of sulfonamides is 1. The second-order valence-corrected chi connectivity index (χ2v) is 9.84. The fraction of sp³-hybridized carbons (Fsp3) is 0.182. The summed E-state index contributed by atoms with van der Waals surface area (Å²) < 4.78 is 65.3. The Labute approximate surface area is 209 Å². The Morgan fingerprint density at radius 1 is 1.17 bits per heavy atom. The van der Waals surface area contributed by atoms with E-state index in [4.69, 9.17) is 16.3 Å².